The molecule has 4 rings (SSSR count). The fourth-order valence-corrected chi connectivity index (χ4v) is 3.51. The Bertz CT molecular complexity index is 1230. The van der Waals surface area contributed by atoms with E-state index in [1.165, 1.54) is 6.33 Å². The standard InChI is InChI=1S/C25H23ClN4O3/c1-17(18-7-10-21(11-8-18)30-16-27-15-28-30)29-25(31)19-9-12-23(24(13-19)32-2)33-14-20-5-3-4-6-22(20)26/h3-13,15-17H,14H2,1-2H3,(H,29,31). The molecule has 1 N–H and O–H groups in total. The maximum Gasteiger partial charge on any atom is 0.251 e. The van der Waals surface area contributed by atoms with E-state index in [1.54, 1.807) is 36.3 Å². The van der Waals surface area contributed by atoms with Crippen LogP contribution in [0.25, 0.3) is 5.69 Å². The SMILES string of the molecule is COc1cc(C(=O)NC(C)c2ccc(-n3cncn3)cc2)ccc1OCc1ccccc1Cl. The van der Waals surface area contributed by atoms with Crippen LogP contribution in [0, 0.1) is 0 Å². The van der Waals surface area contributed by atoms with Crippen LogP contribution in [0.3, 0.4) is 0 Å². The van der Waals surface area contributed by atoms with Gasteiger partial charge in [-0.25, -0.2) is 9.67 Å². The Kier molecular flexibility index (Phi) is 6.90. The topological polar surface area (TPSA) is 78.3 Å². The predicted molar refractivity (Wildman–Crippen MR) is 126 cm³/mol. The smallest absolute Gasteiger partial charge is 0.251 e. The lowest BCUT2D eigenvalue weighted by Crippen LogP contribution is -2.26. The largest absolute Gasteiger partial charge is 0.493 e. The lowest BCUT2D eigenvalue weighted by Gasteiger charge is -2.16. The Balaban J connectivity index is 1.41. The Morgan fingerprint density at radius 1 is 1.09 bits per heavy atom. The van der Waals surface area contributed by atoms with Crippen molar-refractivity contribution in [2.45, 2.75) is 19.6 Å². The molecule has 3 aromatic carbocycles. The molecule has 168 valence electrons. The van der Waals surface area contributed by atoms with Crippen molar-refractivity contribution in [2.24, 2.45) is 0 Å². The highest BCUT2D eigenvalue weighted by Gasteiger charge is 2.15. The van der Waals surface area contributed by atoms with Crippen LogP contribution in [-0.4, -0.2) is 27.8 Å². The van der Waals surface area contributed by atoms with E-state index in [0.29, 0.717) is 28.7 Å². The van der Waals surface area contributed by atoms with Crippen LogP contribution in [0.15, 0.2) is 79.4 Å². The maximum atomic E-state index is 12.8. The zero-order chi connectivity index (χ0) is 23.2. The molecule has 1 amide bonds. The van der Waals surface area contributed by atoms with Gasteiger partial charge in [-0.15, -0.1) is 0 Å². The number of methoxy groups -OCH3 is 1. The third-order valence-corrected chi connectivity index (χ3v) is 5.56. The Morgan fingerprint density at radius 2 is 1.88 bits per heavy atom. The second kappa shape index (κ2) is 10.2. The lowest BCUT2D eigenvalue weighted by atomic mass is 10.1. The Labute approximate surface area is 196 Å². The van der Waals surface area contributed by atoms with Crippen molar-refractivity contribution >= 4 is 17.5 Å². The Hall–Kier alpha value is -3.84. The molecule has 1 unspecified atom stereocenters. The number of halogens is 1. The minimum absolute atomic E-state index is 0.190. The molecule has 33 heavy (non-hydrogen) atoms. The quantitative estimate of drug-likeness (QED) is 0.398. The molecule has 0 saturated heterocycles. The number of nitrogens with zero attached hydrogens (tertiary/aromatic N) is 3. The summed E-state index contributed by atoms with van der Waals surface area (Å²) in [5.41, 5.74) is 3.21. The first-order chi connectivity index (χ1) is 16.0. The van der Waals surface area contributed by atoms with Crippen molar-refractivity contribution < 1.29 is 14.3 Å². The Morgan fingerprint density at radius 3 is 2.58 bits per heavy atom. The minimum Gasteiger partial charge on any atom is -0.493 e. The van der Waals surface area contributed by atoms with Crippen molar-refractivity contribution in [3.63, 3.8) is 0 Å². The van der Waals surface area contributed by atoms with Crippen LogP contribution in [0.1, 0.15) is 34.5 Å². The van der Waals surface area contributed by atoms with Gasteiger partial charge in [0.1, 0.15) is 19.3 Å². The van der Waals surface area contributed by atoms with E-state index >= 15 is 0 Å². The van der Waals surface area contributed by atoms with Gasteiger partial charge in [0.05, 0.1) is 18.8 Å². The average Bonchev–Trinajstić information content (AvgIpc) is 3.38. The van der Waals surface area contributed by atoms with Crippen molar-refractivity contribution in [2.75, 3.05) is 7.11 Å². The van der Waals surface area contributed by atoms with Gasteiger partial charge in [0.2, 0.25) is 0 Å². The molecule has 1 atom stereocenters. The lowest BCUT2D eigenvalue weighted by molar-refractivity contribution is 0.0939. The molecule has 0 aliphatic carbocycles. The van der Waals surface area contributed by atoms with Gasteiger partial charge in [0, 0.05) is 16.1 Å². The number of hydrogen-bond acceptors (Lipinski definition) is 5. The summed E-state index contributed by atoms with van der Waals surface area (Å²) < 4.78 is 13.0. The number of ether oxygens (including phenoxy) is 2. The molecular weight excluding hydrogens is 440 g/mol. The first kappa shape index (κ1) is 22.4. The molecule has 0 saturated carbocycles. The summed E-state index contributed by atoms with van der Waals surface area (Å²) in [6, 6.07) is 20.2. The highest BCUT2D eigenvalue weighted by molar-refractivity contribution is 6.31. The fourth-order valence-electron chi connectivity index (χ4n) is 3.32. The van der Waals surface area contributed by atoms with Crippen LogP contribution in [-0.2, 0) is 6.61 Å². The second-order valence-corrected chi connectivity index (χ2v) is 7.78. The van der Waals surface area contributed by atoms with Gasteiger partial charge in [-0.2, -0.15) is 5.10 Å². The third-order valence-electron chi connectivity index (χ3n) is 5.19. The number of carbonyl (C=O) groups excluding carboxylic acids is 1. The molecule has 1 heterocycles. The summed E-state index contributed by atoms with van der Waals surface area (Å²) in [7, 11) is 1.54. The van der Waals surface area contributed by atoms with E-state index in [1.807, 2.05) is 55.5 Å². The zero-order valence-electron chi connectivity index (χ0n) is 18.2. The molecule has 0 bridgehead atoms. The summed E-state index contributed by atoms with van der Waals surface area (Å²) in [6.07, 6.45) is 3.12. The molecule has 0 radical (unpaired) electrons. The predicted octanol–water partition coefficient (Wildman–Crippen LogP) is 5.00. The van der Waals surface area contributed by atoms with Gasteiger partial charge >= 0.3 is 0 Å². The van der Waals surface area contributed by atoms with E-state index in [4.69, 9.17) is 21.1 Å². The van der Waals surface area contributed by atoms with Gasteiger partial charge in [0.15, 0.2) is 11.5 Å². The molecular formula is C25H23ClN4O3. The van der Waals surface area contributed by atoms with Gasteiger partial charge in [-0.1, -0.05) is 41.9 Å². The summed E-state index contributed by atoms with van der Waals surface area (Å²) >= 11 is 6.19. The molecule has 1 aromatic heterocycles. The molecule has 0 aliphatic rings. The molecule has 8 heteroatoms. The maximum absolute atomic E-state index is 12.8. The molecule has 0 aliphatic heterocycles. The van der Waals surface area contributed by atoms with Crippen molar-refractivity contribution in [3.8, 4) is 17.2 Å². The summed E-state index contributed by atoms with van der Waals surface area (Å²) in [6.45, 7) is 2.23. The van der Waals surface area contributed by atoms with Crippen LogP contribution < -0.4 is 14.8 Å². The van der Waals surface area contributed by atoms with Gasteiger partial charge in [-0.05, 0) is 48.9 Å². The summed E-state index contributed by atoms with van der Waals surface area (Å²) in [5.74, 6) is 0.795. The van der Waals surface area contributed by atoms with Gasteiger partial charge < -0.3 is 14.8 Å². The van der Waals surface area contributed by atoms with Crippen LogP contribution in [0.2, 0.25) is 5.02 Å². The van der Waals surface area contributed by atoms with E-state index in [-0.39, 0.29) is 11.9 Å². The highest BCUT2D eigenvalue weighted by atomic mass is 35.5. The minimum atomic E-state index is -0.209. The normalized spacial score (nSPS) is 11.6. The summed E-state index contributed by atoms with van der Waals surface area (Å²) in [5, 5.41) is 7.76. The number of benzene rings is 3. The number of hydrogen-bond donors (Lipinski definition) is 1. The van der Waals surface area contributed by atoms with Crippen LogP contribution in [0.4, 0.5) is 0 Å². The number of aromatic nitrogens is 3. The van der Waals surface area contributed by atoms with Crippen LogP contribution in [0.5, 0.6) is 11.5 Å². The molecule has 0 spiro atoms. The van der Waals surface area contributed by atoms with Gasteiger partial charge in [-0.3, -0.25) is 4.79 Å². The molecule has 7 nitrogen and oxygen atoms in total. The second-order valence-electron chi connectivity index (χ2n) is 7.37. The van der Waals surface area contributed by atoms with Gasteiger partial charge in [0.25, 0.3) is 5.91 Å². The summed E-state index contributed by atoms with van der Waals surface area (Å²) in [4.78, 5) is 16.8. The van der Waals surface area contributed by atoms with Crippen molar-refractivity contribution in [3.05, 3.63) is 101 Å². The molecule has 0 fully saturated rings. The first-order valence-electron chi connectivity index (χ1n) is 10.3. The highest BCUT2D eigenvalue weighted by Crippen LogP contribution is 2.30. The zero-order valence-corrected chi connectivity index (χ0v) is 19.0. The van der Waals surface area contributed by atoms with E-state index < -0.39 is 0 Å². The number of nitrogens with one attached hydrogen (secondary N) is 1. The van der Waals surface area contributed by atoms with E-state index in [2.05, 4.69) is 15.4 Å². The van der Waals surface area contributed by atoms with E-state index in [9.17, 15) is 4.79 Å². The third kappa shape index (κ3) is 5.32. The number of amides is 1. The van der Waals surface area contributed by atoms with Crippen molar-refractivity contribution in [1.29, 1.82) is 0 Å². The van der Waals surface area contributed by atoms with Crippen LogP contribution >= 0.6 is 11.6 Å². The van der Waals surface area contributed by atoms with Crippen molar-refractivity contribution in [1.82, 2.24) is 20.1 Å². The monoisotopic (exact) mass is 462 g/mol. The fraction of sp³-hybridized carbons (Fsp3) is 0.160. The average molecular weight is 463 g/mol. The first-order valence-corrected chi connectivity index (χ1v) is 10.7. The van der Waals surface area contributed by atoms with E-state index in [0.717, 1.165) is 16.8 Å². The molecule has 4 aromatic rings. The number of rotatable bonds is 8. The number of carbonyl (C=O) groups is 1.